The first-order valence-corrected chi connectivity index (χ1v) is 3.32. The highest BCUT2D eigenvalue weighted by molar-refractivity contribution is 5.32. The van der Waals surface area contributed by atoms with Crippen LogP contribution in [-0.4, -0.2) is 12.6 Å². The van der Waals surface area contributed by atoms with Gasteiger partial charge in [-0.15, -0.1) is 0 Å². The van der Waals surface area contributed by atoms with Gasteiger partial charge in [-0.25, -0.2) is 9.79 Å². The maximum atomic E-state index is 9.55. The highest BCUT2D eigenvalue weighted by Crippen LogP contribution is 1.97. The van der Waals surface area contributed by atoms with E-state index in [9.17, 15) is 4.79 Å². The van der Waals surface area contributed by atoms with Gasteiger partial charge >= 0.3 is 0 Å². The van der Waals surface area contributed by atoms with E-state index in [-0.39, 0.29) is 0 Å². The maximum absolute atomic E-state index is 9.55. The van der Waals surface area contributed by atoms with Crippen molar-refractivity contribution in [2.45, 2.75) is 25.7 Å². The fourth-order valence-corrected chi connectivity index (χ4v) is 0.617. The molecule has 0 spiro atoms. The van der Waals surface area contributed by atoms with Gasteiger partial charge in [0.15, 0.2) is 0 Å². The summed E-state index contributed by atoms with van der Waals surface area (Å²) >= 11 is 0. The zero-order valence-electron chi connectivity index (χ0n) is 5.84. The van der Waals surface area contributed by atoms with Crippen LogP contribution in [0, 0.1) is 11.3 Å². The Kier molecular flexibility index (Phi) is 6.98. The number of unbranched alkanes of at least 4 members (excludes halogenated alkanes) is 3. The molecule has 0 N–H and O–H groups in total. The zero-order valence-corrected chi connectivity index (χ0v) is 5.84. The number of nitrogens with zero attached hydrogens (tertiary/aromatic N) is 2. The summed E-state index contributed by atoms with van der Waals surface area (Å²) < 4.78 is 0. The lowest BCUT2D eigenvalue weighted by molar-refractivity contribution is 0.561. The number of rotatable bonds is 5. The van der Waals surface area contributed by atoms with E-state index in [1.807, 2.05) is 0 Å². The van der Waals surface area contributed by atoms with Gasteiger partial charge in [-0.2, -0.15) is 5.26 Å². The lowest BCUT2D eigenvalue weighted by atomic mass is 10.2. The molecule has 0 heterocycles. The van der Waals surface area contributed by atoms with Gasteiger partial charge in [-0.05, 0) is 12.8 Å². The Morgan fingerprint density at radius 3 is 2.70 bits per heavy atom. The molecule has 0 saturated heterocycles. The van der Waals surface area contributed by atoms with E-state index in [0.717, 1.165) is 19.3 Å². The minimum Gasteiger partial charge on any atom is -0.211 e. The molecule has 10 heavy (non-hydrogen) atoms. The second-order valence-electron chi connectivity index (χ2n) is 1.94. The molecular formula is C7H10N2O. The van der Waals surface area contributed by atoms with Gasteiger partial charge in [-0.3, -0.25) is 0 Å². The van der Waals surface area contributed by atoms with Crippen LogP contribution in [-0.2, 0) is 4.79 Å². The molecule has 0 saturated carbocycles. The van der Waals surface area contributed by atoms with E-state index in [1.54, 1.807) is 0 Å². The first-order chi connectivity index (χ1) is 4.91. The van der Waals surface area contributed by atoms with E-state index < -0.39 is 0 Å². The molecule has 0 amide bonds. The van der Waals surface area contributed by atoms with Crippen LogP contribution in [0.15, 0.2) is 4.99 Å². The Morgan fingerprint density at radius 1 is 1.30 bits per heavy atom. The topological polar surface area (TPSA) is 53.2 Å². The van der Waals surface area contributed by atoms with Crippen LogP contribution >= 0.6 is 0 Å². The largest absolute Gasteiger partial charge is 0.234 e. The normalized spacial score (nSPS) is 7.90. The average Bonchev–Trinajstić information content (AvgIpc) is 1.97. The van der Waals surface area contributed by atoms with Gasteiger partial charge < -0.3 is 0 Å². The van der Waals surface area contributed by atoms with E-state index in [4.69, 9.17) is 5.26 Å². The van der Waals surface area contributed by atoms with Crippen molar-refractivity contribution >= 4 is 6.08 Å². The van der Waals surface area contributed by atoms with Gasteiger partial charge in [0, 0.05) is 6.42 Å². The molecule has 0 unspecified atom stereocenters. The number of hydrogen-bond acceptors (Lipinski definition) is 3. The molecule has 0 aromatic rings. The summed E-state index contributed by atoms with van der Waals surface area (Å²) in [6.07, 6.45) is 4.83. The van der Waals surface area contributed by atoms with E-state index >= 15 is 0 Å². The molecule has 0 aromatic carbocycles. The number of hydrogen-bond donors (Lipinski definition) is 0. The summed E-state index contributed by atoms with van der Waals surface area (Å²) in [5.74, 6) is 0. The van der Waals surface area contributed by atoms with Crippen molar-refractivity contribution in [1.29, 1.82) is 5.26 Å². The molecule has 0 aliphatic heterocycles. The third-order valence-electron chi connectivity index (χ3n) is 1.12. The fourth-order valence-electron chi connectivity index (χ4n) is 0.617. The summed E-state index contributed by atoms with van der Waals surface area (Å²) in [4.78, 5) is 12.9. The van der Waals surface area contributed by atoms with Gasteiger partial charge in [-0.1, -0.05) is 6.42 Å². The van der Waals surface area contributed by atoms with Crippen molar-refractivity contribution < 1.29 is 4.79 Å². The molecule has 0 aliphatic carbocycles. The maximum Gasteiger partial charge on any atom is 0.234 e. The molecular weight excluding hydrogens is 128 g/mol. The van der Waals surface area contributed by atoms with E-state index in [2.05, 4.69) is 11.1 Å². The molecule has 0 radical (unpaired) electrons. The first-order valence-electron chi connectivity index (χ1n) is 3.32. The van der Waals surface area contributed by atoms with Crippen LogP contribution in [0.25, 0.3) is 0 Å². The number of isocyanates is 1. The Labute approximate surface area is 60.4 Å². The summed E-state index contributed by atoms with van der Waals surface area (Å²) in [7, 11) is 0. The highest BCUT2D eigenvalue weighted by Gasteiger charge is 1.85. The lowest BCUT2D eigenvalue weighted by Gasteiger charge is -1.89. The third kappa shape index (κ3) is 6.87. The molecule has 0 bridgehead atoms. The average molecular weight is 138 g/mol. The van der Waals surface area contributed by atoms with Gasteiger partial charge in [0.2, 0.25) is 6.08 Å². The minimum absolute atomic E-state index is 0.551. The summed E-state index contributed by atoms with van der Waals surface area (Å²) in [5.41, 5.74) is 0. The molecule has 0 aliphatic rings. The SMILES string of the molecule is N#CCCCCCN=C=O. The molecule has 3 nitrogen and oxygen atoms in total. The minimum atomic E-state index is 0.551. The Morgan fingerprint density at radius 2 is 2.10 bits per heavy atom. The standard InChI is InChI=1S/C7H10N2O/c8-5-3-1-2-4-6-9-7-10/h1-4,6H2. The van der Waals surface area contributed by atoms with Crippen LogP contribution in [0.2, 0.25) is 0 Å². The second kappa shape index (κ2) is 7.87. The summed E-state index contributed by atoms with van der Waals surface area (Å²) in [5, 5.41) is 8.13. The van der Waals surface area contributed by atoms with Crippen LogP contribution in [0.1, 0.15) is 25.7 Å². The van der Waals surface area contributed by atoms with Crippen molar-refractivity contribution in [1.82, 2.24) is 0 Å². The Hall–Kier alpha value is -1.13. The monoisotopic (exact) mass is 138 g/mol. The predicted molar refractivity (Wildman–Crippen MR) is 37.1 cm³/mol. The Balaban J connectivity index is 2.92. The third-order valence-corrected chi connectivity index (χ3v) is 1.12. The summed E-state index contributed by atoms with van der Waals surface area (Å²) in [6.45, 7) is 0.551. The first kappa shape index (κ1) is 8.87. The smallest absolute Gasteiger partial charge is 0.211 e. The van der Waals surface area contributed by atoms with Crippen molar-refractivity contribution in [3.8, 4) is 6.07 Å². The molecule has 0 aromatic heterocycles. The van der Waals surface area contributed by atoms with E-state index in [1.165, 1.54) is 6.08 Å². The molecule has 0 rings (SSSR count). The molecule has 54 valence electrons. The van der Waals surface area contributed by atoms with Crippen LogP contribution in [0.5, 0.6) is 0 Å². The second-order valence-corrected chi connectivity index (χ2v) is 1.94. The van der Waals surface area contributed by atoms with Crippen molar-refractivity contribution in [2.75, 3.05) is 6.54 Å². The zero-order chi connectivity index (χ0) is 7.66. The van der Waals surface area contributed by atoms with Crippen molar-refractivity contribution in [3.63, 3.8) is 0 Å². The van der Waals surface area contributed by atoms with Crippen LogP contribution < -0.4 is 0 Å². The lowest BCUT2D eigenvalue weighted by Crippen LogP contribution is -1.80. The number of aliphatic imine (C=N–C) groups is 1. The van der Waals surface area contributed by atoms with Crippen LogP contribution in [0.3, 0.4) is 0 Å². The quantitative estimate of drug-likeness (QED) is 0.327. The van der Waals surface area contributed by atoms with Crippen molar-refractivity contribution in [2.24, 2.45) is 4.99 Å². The number of nitriles is 1. The molecule has 0 fully saturated rings. The van der Waals surface area contributed by atoms with E-state index in [0.29, 0.717) is 13.0 Å². The van der Waals surface area contributed by atoms with Gasteiger partial charge in [0.1, 0.15) is 0 Å². The molecule has 0 atom stereocenters. The van der Waals surface area contributed by atoms with Crippen LogP contribution in [0.4, 0.5) is 0 Å². The Bertz CT molecular complexity index is 153. The fraction of sp³-hybridized carbons (Fsp3) is 0.714. The van der Waals surface area contributed by atoms with Gasteiger partial charge in [0.25, 0.3) is 0 Å². The summed E-state index contributed by atoms with van der Waals surface area (Å²) in [6, 6.07) is 2.05. The van der Waals surface area contributed by atoms with Gasteiger partial charge in [0.05, 0.1) is 12.6 Å². The predicted octanol–water partition coefficient (Wildman–Crippen LogP) is 1.41. The highest BCUT2D eigenvalue weighted by atomic mass is 16.1. The molecule has 3 heteroatoms. The number of carbonyl (C=O) groups excluding carboxylic acids is 1. The van der Waals surface area contributed by atoms with Crippen molar-refractivity contribution in [3.05, 3.63) is 0 Å².